The lowest BCUT2D eigenvalue weighted by molar-refractivity contribution is -0.112. The van der Waals surface area contributed by atoms with Crippen molar-refractivity contribution in [2.45, 2.75) is 45.8 Å². The highest BCUT2D eigenvalue weighted by Gasteiger charge is 2.43. The molecule has 106 valence electrons. The number of rotatable bonds is 4. The van der Waals surface area contributed by atoms with Crippen LogP contribution in [0.15, 0.2) is 30.3 Å². The van der Waals surface area contributed by atoms with Gasteiger partial charge in [0.1, 0.15) is 0 Å². The van der Waals surface area contributed by atoms with E-state index in [2.05, 4.69) is 56.0 Å². The van der Waals surface area contributed by atoms with E-state index in [4.69, 9.17) is 0 Å². The van der Waals surface area contributed by atoms with Gasteiger partial charge in [-0.05, 0) is 23.8 Å². The monoisotopic (exact) mass is 261 g/mol. The van der Waals surface area contributed by atoms with Crippen LogP contribution in [0.1, 0.15) is 39.2 Å². The van der Waals surface area contributed by atoms with E-state index in [-0.39, 0.29) is 0 Å². The number of piperidine rings is 1. The minimum absolute atomic E-state index is 0.347. The van der Waals surface area contributed by atoms with Crippen LogP contribution in [0.2, 0.25) is 0 Å². The fourth-order valence-corrected chi connectivity index (χ4v) is 3.51. The van der Waals surface area contributed by atoms with E-state index in [0.29, 0.717) is 11.8 Å². The molecule has 3 atom stereocenters. The summed E-state index contributed by atoms with van der Waals surface area (Å²) in [5.41, 5.74) is 0.893. The summed E-state index contributed by atoms with van der Waals surface area (Å²) in [6.07, 6.45) is 1.98. The third kappa shape index (κ3) is 3.18. The van der Waals surface area contributed by atoms with Crippen LogP contribution in [0.3, 0.4) is 0 Å². The number of nitrogens with zero attached hydrogens (tertiary/aromatic N) is 1. The van der Waals surface area contributed by atoms with Crippen molar-refractivity contribution in [3.63, 3.8) is 0 Å². The summed E-state index contributed by atoms with van der Waals surface area (Å²) >= 11 is 0. The Hall–Kier alpha value is -0.860. The Bertz CT molecular complexity index is 378. The molecular weight excluding hydrogens is 234 g/mol. The molecule has 0 saturated carbocycles. The maximum Gasteiger partial charge on any atom is 0.0722 e. The SMILES string of the molecule is CCC[C@]1(O)[C@H](C)CN(Cc2ccccc2)C[C@@H]1C. The molecular formula is C17H27NO. The van der Waals surface area contributed by atoms with E-state index in [9.17, 15) is 5.11 Å². The fourth-order valence-electron chi connectivity index (χ4n) is 3.51. The molecule has 0 amide bonds. The highest BCUT2D eigenvalue weighted by atomic mass is 16.3. The number of likely N-dealkylation sites (tertiary alicyclic amines) is 1. The van der Waals surface area contributed by atoms with E-state index in [1.54, 1.807) is 0 Å². The zero-order valence-electron chi connectivity index (χ0n) is 12.5. The molecule has 1 aromatic rings. The van der Waals surface area contributed by atoms with Crippen LogP contribution in [0.4, 0.5) is 0 Å². The largest absolute Gasteiger partial charge is 0.389 e. The quantitative estimate of drug-likeness (QED) is 0.899. The predicted octanol–water partition coefficient (Wildman–Crippen LogP) is 3.31. The van der Waals surface area contributed by atoms with Crippen LogP contribution in [0.5, 0.6) is 0 Å². The molecule has 2 heteroatoms. The highest BCUT2D eigenvalue weighted by molar-refractivity contribution is 5.14. The summed E-state index contributed by atoms with van der Waals surface area (Å²) in [5, 5.41) is 10.9. The Labute approximate surface area is 117 Å². The standard InChI is InChI=1S/C17H27NO/c1-4-10-17(19)14(2)11-18(12-15(17)3)13-16-8-6-5-7-9-16/h5-9,14-15,19H,4,10-13H2,1-3H3/t14-,15+,17+. The van der Waals surface area contributed by atoms with E-state index in [1.165, 1.54) is 5.56 Å². The predicted molar refractivity (Wildman–Crippen MR) is 79.9 cm³/mol. The molecule has 0 bridgehead atoms. The third-order valence-corrected chi connectivity index (χ3v) is 4.67. The number of hydrogen-bond donors (Lipinski definition) is 1. The Morgan fingerprint density at radius 3 is 2.26 bits per heavy atom. The van der Waals surface area contributed by atoms with Crippen LogP contribution in [-0.4, -0.2) is 28.7 Å². The highest BCUT2D eigenvalue weighted by Crippen LogP contribution is 2.36. The van der Waals surface area contributed by atoms with Gasteiger partial charge in [0.05, 0.1) is 5.60 Å². The average molecular weight is 261 g/mol. The maximum atomic E-state index is 10.9. The second-order valence-electron chi connectivity index (χ2n) is 6.22. The Balaban J connectivity index is 2.01. The zero-order valence-corrected chi connectivity index (χ0v) is 12.5. The summed E-state index contributed by atoms with van der Waals surface area (Å²) < 4.78 is 0. The lowest BCUT2D eigenvalue weighted by atomic mass is 9.72. The van der Waals surface area contributed by atoms with Crippen LogP contribution in [0.25, 0.3) is 0 Å². The molecule has 0 aromatic heterocycles. The maximum absolute atomic E-state index is 10.9. The van der Waals surface area contributed by atoms with Gasteiger partial charge in [0.2, 0.25) is 0 Å². The molecule has 0 aliphatic carbocycles. The minimum Gasteiger partial charge on any atom is -0.389 e. The molecule has 0 spiro atoms. The molecule has 1 aromatic carbocycles. The Morgan fingerprint density at radius 2 is 1.74 bits per heavy atom. The molecule has 1 fully saturated rings. The lowest BCUT2D eigenvalue weighted by Gasteiger charge is -2.48. The van der Waals surface area contributed by atoms with Gasteiger partial charge in [-0.3, -0.25) is 4.90 Å². The van der Waals surface area contributed by atoms with E-state index < -0.39 is 5.60 Å². The summed E-state index contributed by atoms with van der Waals surface area (Å²) in [5.74, 6) is 0.694. The smallest absolute Gasteiger partial charge is 0.0722 e. The molecule has 1 heterocycles. The summed E-state index contributed by atoms with van der Waals surface area (Å²) in [6.45, 7) is 9.55. The first kappa shape index (κ1) is 14.5. The molecule has 0 unspecified atom stereocenters. The first-order valence-electron chi connectivity index (χ1n) is 7.55. The van der Waals surface area contributed by atoms with Crippen molar-refractivity contribution >= 4 is 0 Å². The van der Waals surface area contributed by atoms with Gasteiger partial charge in [-0.25, -0.2) is 0 Å². The van der Waals surface area contributed by atoms with Crippen molar-refractivity contribution in [2.24, 2.45) is 11.8 Å². The minimum atomic E-state index is -0.470. The molecule has 0 radical (unpaired) electrons. The van der Waals surface area contributed by atoms with Crippen molar-refractivity contribution in [3.8, 4) is 0 Å². The Kier molecular flexibility index (Phi) is 4.64. The lowest BCUT2D eigenvalue weighted by Crippen LogP contribution is -2.56. The summed E-state index contributed by atoms with van der Waals surface area (Å²) in [7, 11) is 0. The van der Waals surface area contributed by atoms with Gasteiger partial charge < -0.3 is 5.11 Å². The first-order chi connectivity index (χ1) is 9.06. The van der Waals surface area contributed by atoms with Crippen LogP contribution < -0.4 is 0 Å². The van der Waals surface area contributed by atoms with Crippen LogP contribution in [-0.2, 0) is 6.54 Å². The van der Waals surface area contributed by atoms with Crippen molar-refractivity contribution in [1.82, 2.24) is 4.90 Å². The van der Waals surface area contributed by atoms with Gasteiger partial charge in [-0.2, -0.15) is 0 Å². The second kappa shape index (κ2) is 6.06. The molecule has 2 nitrogen and oxygen atoms in total. The zero-order chi connectivity index (χ0) is 13.9. The van der Waals surface area contributed by atoms with Gasteiger partial charge in [-0.1, -0.05) is 57.5 Å². The summed E-state index contributed by atoms with van der Waals surface area (Å²) in [6, 6.07) is 10.6. The first-order valence-corrected chi connectivity index (χ1v) is 7.55. The third-order valence-electron chi connectivity index (χ3n) is 4.67. The van der Waals surface area contributed by atoms with E-state index in [0.717, 1.165) is 32.5 Å². The van der Waals surface area contributed by atoms with Crippen molar-refractivity contribution in [1.29, 1.82) is 0 Å². The molecule has 1 aliphatic heterocycles. The van der Waals surface area contributed by atoms with Crippen LogP contribution in [0, 0.1) is 11.8 Å². The number of benzene rings is 1. The van der Waals surface area contributed by atoms with E-state index >= 15 is 0 Å². The molecule has 1 aliphatic rings. The van der Waals surface area contributed by atoms with Gasteiger partial charge >= 0.3 is 0 Å². The molecule has 1 N–H and O–H groups in total. The van der Waals surface area contributed by atoms with Crippen molar-refractivity contribution < 1.29 is 5.11 Å². The fraction of sp³-hybridized carbons (Fsp3) is 0.647. The average Bonchev–Trinajstić information content (AvgIpc) is 2.38. The van der Waals surface area contributed by atoms with Crippen LogP contribution >= 0.6 is 0 Å². The summed E-state index contributed by atoms with van der Waals surface area (Å²) in [4.78, 5) is 2.48. The number of hydrogen-bond acceptors (Lipinski definition) is 2. The molecule has 1 saturated heterocycles. The number of aliphatic hydroxyl groups is 1. The molecule has 19 heavy (non-hydrogen) atoms. The van der Waals surface area contributed by atoms with Gasteiger partial charge in [0.25, 0.3) is 0 Å². The Morgan fingerprint density at radius 1 is 1.16 bits per heavy atom. The van der Waals surface area contributed by atoms with Gasteiger partial charge in [-0.15, -0.1) is 0 Å². The van der Waals surface area contributed by atoms with Gasteiger partial charge in [0, 0.05) is 19.6 Å². The second-order valence-corrected chi connectivity index (χ2v) is 6.22. The van der Waals surface area contributed by atoms with Crippen molar-refractivity contribution in [3.05, 3.63) is 35.9 Å². The van der Waals surface area contributed by atoms with Gasteiger partial charge in [0.15, 0.2) is 0 Å². The normalized spacial score (nSPS) is 32.4. The topological polar surface area (TPSA) is 23.5 Å². The van der Waals surface area contributed by atoms with Crippen molar-refractivity contribution in [2.75, 3.05) is 13.1 Å². The molecule has 2 rings (SSSR count). The van der Waals surface area contributed by atoms with E-state index in [1.807, 2.05) is 0 Å².